The van der Waals surface area contributed by atoms with E-state index in [-0.39, 0.29) is 40.4 Å². The van der Waals surface area contributed by atoms with Crippen LogP contribution in [0.4, 0.5) is 0 Å². The molecule has 35 heavy (non-hydrogen) atoms. The van der Waals surface area contributed by atoms with Crippen LogP contribution < -0.4 is 15.6 Å². The normalized spacial score (nSPS) is 18.3. The quantitative estimate of drug-likeness (QED) is 0.514. The lowest BCUT2D eigenvalue weighted by atomic mass is 9.92. The lowest BCUT2D eigenvalue weighted by molar-refractivity contribution is 0.0708. The molecule has 1 aliphatic rings. The molecule has 0 spiro atoms. The summed E-state index contributed by atoms with van der Waals surface area (Å²) in [4.78, 5) is 32.1. The van der Waals surface area contributed by atoms with Gasteiger partial charge in [0.1, 0.15) is 11.2 Å². The number of hydrogen-bond donors (Lipinski definition) is 2. The van der Waals surface area contributed by atoms with E-state index in [1.807, 2.05) is 39.0 Å². The van der Waals surface area contributed by atoms with Gasteiger partial charge in [0.25, 0.3) is 11.5 Å². The van der Waals surface area contributed by atoms with Gasteiger partial charge in [-0.25, -0.2) is 4.98 Å². The summed E-state index contributed by atoms with van der Waals surface area (Å²) in [7, 11) is 1.72. The van der Waals surface area contributed by atoms with Gasteiger partial charge in [-0.3, -0.25) is 14.2 Å². The first-order chi connectivity index (χ1) is 16.7. The Kier molecular flexibility index (Phi) is 7.52. The highest BCUT2D eigenvalue weighted by molar-refractivity contribution is 6.30. The molecule has 0 radical (unpaired) electrons. The van der Waals surface area contributed by atoms with E-state index in [9.17, 15) is 14.7 Å². The van der Waals surface area contributed by atoms with E-state index in [1.54, 1.807) is 22.2 Å². The van der Waals surface area contributed by atoms with Gasteiger partial charge >= 0.3 is 0 Å². The highest BCUT2D eigenvalue weighted by Gasteiger charge is 2.31. The summed E-state index contributed by atoms with van der Waals surface area (Å²) in [5.74, 6) is 0.445. The van der Waals surface area contributed by atoms with Crippen LogP contribution in [0.25, 0.3) is 11.0 Å². The van der Waals surface area contributed by atoms with Gasteiger partial charge in [0.2, 0.25) is 0 Å². The molecule has 0 bridgehead atoms. The van der Waals surface area contributed by atoms with Gasteiger partial charge in [0, 0.05) is 18.5 Å². The van der Waals surface area contributed by atoms with Crippen molar-refractivity contribution in [3.63, 3.8) is 0 Å². The molecule has 1 saturated carbocycles. The molecule has 2 aromatic heterocycles. The summed E-state index contributed by atoms with van der Waals surface area (Å²) in [6.07, 6.45) is 2.94. The molecule has 0 aliphatic heterocycles. The molecular weight excluding hydrogens is 468 g/mol. The second kappa shape index (κ2) is 10.4. The number of benzene rings is 1. The zero-order valence-corrected chi connectivity index (χ0v) is 21.4. The van der Waals surface area contributed by atoms with Crippen molar-refractivity contribution in [1.29, 1.82) is 0 Å². The van der Waals surface area contributed by atoms with E-state index in [2.05, 4.69) is 5.32 Å². The third-order valence-electron chi connectivity index (χ3n) is 6.48. The maximum Gasteiger partial charge on any atom is 0.272 e. The first kappa shape index (κ1) is 25.3. The molecule has 3 aromatic rings. The Balaban J connectivity index is 1.86. The first-order valence-electron chi connectivity index (χ1n) is 12.2. The van der Waals surface area contributed by atoms with Crippen molar-refractivity contribution in [1.82, 2.24) is 19.4 Å². The predicted molar refractivity (Wildman–Crippen MR) is 136 cm³/mol. The third kappa shape index (κ3) is 5.09. The summed E-state index contributed by atoms with van der Waals surface area (Å²) in [5, 5.41) is 14.2. The zero-order chi connectivity index (χ0) is 25.3. The second-order valence-electron chi connectivity index (χ2n) is 9.44. The lowest BCUT2D eigenvalue weighted by Crippen LogP contribution is -2.45. The number of aryl methyl sites for hydroxylation is 2. The molecule has 2 N–H and O–H groups in total. The number of halogens is 1. The highest BCUT2D eigenvalue weighted by Crippen LogP contribution is 2.31. The van der Waals surface area contributed by atoms with Crippen molar-refractivity contribution < 1.29 is 14.6 Å². The Labute approximate surface area is 209 Å². The van der Waals surface area contributed by atoms with Gasteiger partial charge in [-0.15, -0.1) is 0 Å². The fourth-order valence-electron chi connectivity index (χ4n) is 4.78. The Morgan fingerprint density at radius 3 is 2.71 bits per heavy atom. The van der Waals surface area contributed by atoms with Crippen LogP contribution in [-0.4, -0.2) is 43.4 Å². The summed E-state index contributed by atoms with van der Waals surface area (Å²) >= 11 is 6.16. The van der Waals surface area contributed by atoms with Gasteiger partial charge < -0.3 is 19.7 Å². The Bertz CT molecular complexity index is 1300. The largest absolute Gasteiger partial charge is 0.488 e. The van der Waals surface area contributed by atoms with Gasteiger partial charge in [-0.1, -0.05) is 43.5 Å². The van der Waals surface area contributed by atoms with Crippen molar-refractivity contribution in [3.05, 3.63) is 56.7 Å². The van der Waals surface area contributed by atoms with E-state index in [0.29, 0.717) is 42.3 Å². The standard InChI is InChI=1S/C26H33ClN4O4/c1-5-20-29-24-21(26(34)31(20)14-16-9-8-10-17(27)13-16)23(35-15(2)3)22(30(24)4)25(33)28-18-11-6-7-12-19(18)32/h8-10,13,15,18-19,32H,5-7,11-12,14H2,1-4H3,(H,28,33)/t18-,19-/m0/s1. The molecular formula is C26H33ClN4O4. The van der Waals surface area contributed by atoms with Crippen molar-refractivity contribution in [2.24, 2.45) is 7.05 Å². The zero-order valence-electron chi connectivity index (χ0n) is 20.7. The average molecular weight is 501 g/mol. The van der Waals surface area contributed by atoms with E-state index < -0.39 is 6.10 Å². The average Bonchev–Trinajstić information content (AvgIpc) is 3.07. The Hall–Kier alpha value is -2.84. The molecule has 2 heterocycles. The van der Waals surface area contributed by atoms with Crippen molar-refractivity contribution in [2.75, 3.05) is 0 Å². The van der Waals surface area contributed by atoms with E-state index in [1.165, 1.54) is 0 Å². The summed E-state index contributed by atoms with van der Waals surface area (Å²) in [5.41, 5.74) is 1.25. The van der Waals surface area contributed by atoms with Crippen molar-refractivity contribution >= 4 is 28.5 Å². The van der Waals surface area contributed by atoms with Crippen LogP contribution in [0.1, 0.15) is 68.3 Å². The Morgan fingerprint density at radius 1 is 1.31 bits per heavy atom. The molecule has 0 saturated heterocycles. The van der Waals surface area contributed by atoms with Crippen molar-refractivity contribution in [2.45, 2.75) is 77.7 Å². The fraction of sp³-hybridized carbons (Fsp3) is 0.500. The molecule has 1 aromatic carbocycles. The number of aliphatic hydroxyl groups is 1. The van der Waals surface area contributed by atoms with Crippen LogP contribution in [0.2, 0.25) is 5.02 Å². The van der Waals surface area contributed by atoms with Gasteiger partial charge in [0.05, 0.1) is 24.8 Å². The predicted octanol–water partition coefficient (Wildman–Crippen LogP) is 3.82. The summed E-state index contributed by atoms with van der Waals surface area (Å²) in [6, 6.07) is 7.03. The molecule has 2 atom stereocenters. The minimum absolute atomic E-state index is 0.222. The SMILES string of the molecule is CCc1nc2c(c(OC(C)C)c(C(=O)N[C@H]3CCCC[C@@H]3O)n2C)c(=O)n1Cc1cccc(Cl)c1. The molecule has 1 aliphatic carbocycles. The number of nitrogens with zero attached hydrogens (tertiary/aromatic N) is 3. The van der Waals surface area contributed by atoms with Crippen LogP contribution >= 0.6 is 11.6 Å². The van der Waals surface area contributed by atoms with E-state index in [0.717, 1.165) is 18.4 Å². The van der Waals surface area contributed by atoms with Crippen molar-refractivity contribution in [3.8, 4) is 5.75 Å². The van der Waals surface area contributed by atoms with Gasteiger partial charge in [0.15, 0.2) is 17.1 Å². The van der Waals surface area contributed by atoms with Gasteiger partial charge in [-0.05, 0) is 44.4 Å². The molecule has 1 fully saturated rings. The Morgan fingerprint density at radius 2 is 2.06 bits per heavy atom. The maximum absolute atomic E-state index is 13.9. The molecule has 4 rings (SSSR count). The number of carbonyl (C=O) groups is 1. The number of ether oxygens (including phenoxy) is 1. The van der Waals surface area contributed by atoms with Crippen LogP contribution in [0, 0.1) is 0 Å². The molecule has 8 nitrogen and oxygen atoms in total. The van der Waals surface area contributed by atoms with Crippen LogP contribution in [0.5, 0.6) is 5.75 Å². The minimum Gasteiger partial charge on any atom is -0.488 e. The van der Waals surface area contributed by atoms with Crippen LogP contribution in [0.3, 0.4) is 0 Å². The van der Waals surface area contributed by atoms with E-state index in [4.69, 9.17) is 21.3 Å². The van der Waals surface area contributed by atoms with Crippen LogP contribution in [-0.2, 0) is 20.0 Å². The summed E-state index contributed by atoms with van der Waals surface area (Å²) in [6.45, 7) is 5.94. The monoisotopic (exact) mass is 500 g/mol. The number of aliphatic hydroxyl groups excluding tert-OH is 1. The lowest BCUT2D eigenvalue weighted by Gasteiger charge is -2.28. The molecule has 1 amide bonds. The first-order valence-corrected chi connectivity index (χ1v) is 12.6. The second-order valence-corrected chi connectivity index (χ2v) is 9.87. The molecule has 0 unspecified atom stereocenters. The maximum atomic E-state index is 13.9. The number of carbonyl (C=O) groups excluding carboxylic acids is 1. The number of aromatic nitrogens is 3. The third-order valence-corrected chi connectivity index (χ3v) is 6.72. The van der Waals surface area contributed by atoms with Gasteiger partial charge in [-0.2, -0.15) is 0 Å². The molecule has 9 heteroatoms. The highest BCUT2D eigenvalue weighted by atomic mass is 35.5. The summed E-state index contributed by atoms with van der Waals surface area (Å²) < 4.78 is 9.32. The fourth-order valence-corrected chi connectivity index (χ4v) is 4.99. The smallest absolute Gasteiger partial charge is 0.272 e. The van der Waals surface area contributed by atoms with Crippen LogP contribution in [0.15, 0.2) is 29.1 Å². The topological polar surface area (TPSA) is 98.4 Å². The number of nitrogens with one attached hydrogen (secondary N) is 1. The van der Waals surface area contributed by atoms with E-state index >= 15 is 0 Å². The number of rotatable bonds is 7. The molecule has 188 valence electrons. The number of amides is 1. The minimum atomic E-state index is -0.586. The number of fused-ring (bicyclic) bond motifs is 1. The number of hydrogen-bond acceptors (Lipinski definition) is 5.